The van der Waals surface area contributed by atoms with Gasteiger partial charge in [-0.2, -0.15) is 13.2 Å². The number of halogens is 3. The highest BCUT2D eigenvalue weighted by Gasteiger charge is 2.38. The minimum absolute atomic E-state index is 0.121. The summed E-state index contributed by atoms with van der Waals surface area (Å²) in [4.78, 5) is 28.1. The summed E-state index contributed by atoms with van der Waals surface area (Å²) in [6.07, 6.45) is -4.25. The minimum Gasteiger partial charge on any atom is -0.480 e. The number of fused-ring (bicyclic) bond motifs is 1. The third-order valence-corrected chi connectivity index (χ3v) is 3.95. The fraction of sp³-hybridized carbons (Fsp3) is 0.438. The van der Waals surface area contributed by atoms with Crippen LogP contribution in [-0.4, -0.2) is 44.0 Å². The lowest BCUT2D eigenvalue weighted by atomic mass is 10.2. The van der Waals surface area contributed by atoms with Gasteiger partial charge in [-0.1, -0.05) is 19.1 Å². The average molecular weight is 357 g/mol. The molecular weight excluding hydrogens is 339 g/mol. The number of para-hydroxylation sites is 2. The molecule has 136 valence electrons. The van der Waals surface area contributed by atoms with E-state index in [1.54, 1.807) is 26.0 Å². The van der Waals surface area contributed by atoms with Crippen LogP contribution >= 0.6 is 0 Å². The van der Waals surface area contributed by atoms with Crippen LogP contribution in [0.15, 0.2) is 24.3 Å². The lowest BCUT2D eigenvalue weighted by Crippen LogP contribution is -2.43. The molecule has 0 bridgehead atoms. The number of carboxylic acids is 1. The van der Waals surface area contributed by atoms with Crippen LogP contribution in [0, 0.1) is 0 Å². The number of amides is 1. The number of aliphatic carboxylic acids is 1. The van der Waals surface area contributed by atoms with E-state index in [0.717, 1.165) is 9.47 Å². The van der Waals surface area contributed by atoms with Gasteiger partial charge in [-0.05, 0) is 25.5 Å². The molecule has 0 radical (unpaired) electrons. The van der Waals surface area contributed by atoms with Gasteiger partial charge >= 0.3 is 12.1 Å². The molecule has 1 unspecified atom stereocenters. The van der Waals surface area contributed by atoms with E-state index in [4.69, 9.17) is 5.11 Å². The summed E-state index contributed by atoms with van der Waals surface area (Å²) in [6, 6.07) is 5.56. The number of carboxylic acid groups (broad SMARTS) is 1. The van der Waals surface area contributed by atoms with E-state index in [2.05, 4.69) is 4.98 Å². The maximum absolute atomic E-state index is 13.3. The molecular formula is C16H18F3N3O3. The second kappa shape index (κ2) is 7.12. The molecule has 0 fully saturated rings. The molecule has 0 saturated carbocycles. The quantitative estimate of drug-likeness (QED) is 0.863. The molecule has 1 heterocycles. The van der Waals surface area contributed by atoms with Crippen molar-refractivity contribution in [2.24, 2.45) is 0 Å². The van der Waals surface area contributed by atoms with Crippen LogP contribution in [0.2, 0.25) is 0 Å². The van der Waals surface area contributed by atoms with Crippen molar-refractivity contribution < 1.29 is 27.9 Å². The smallest absolute Gasteiger partial charge is 0.449 e. The average Bonchev–Trinajstić information content (AvgIpc) is 2.90. The second-order valence-corrected chi connectivity index (χ2v) is 5.68. The van der Waals surface area contributed by atoms with E-state index in [0.29, 0.717) is 6.42 Å². The number of hydrogen-bond donors (Lipinski definition) is 1. The molecule has 0 saturated heterocycles. The molecule has 2 aromatic rings. The van der Waals surface area contributed by atoms with Crippen molar-refractivity contribution in [1.82, 2.24) is 14.5 Å². The Labute approximate surface area is 141 Å². The van der Waals surface area contributed by atoms with Gasteiger partial charge in [0, 0.05) is 6.04 Å². The van der Waals surface area contributed by atoms with Gasteiger partial charge in [0.05, 0.1) is 11.0 Å². The molecule has 1 atom stereocenters. The summed E-state index contributed by atoms with van der Waals surface area (Å²) in [7, 11) is 0. The molecule has 0 aliphatic heterocycles. The van der Waals surface area contributed by atoms with Gasteiger partial charge in [-0.3, -0.25) is 9.59 Å². The summed E-state index contributed by atoms with van der Waals surface area (Å²) < 4.78 is 40.6. The lowest BCUT2D eigenvalue weighted by molar-refractivity contribution is -0.150. The first-order valence-corrected chi connectivity index (χ1v) is 7.68. The van der Waals surface area contributed by atoms with E-state index in [-0.39, 0.29) is 11.0 Å². The maximum atomic E-state index is 13.3. The monoisotopic (exact) mass is 357 g/mol. The van der Waals surface area contributed by atoms with Gasteiger partial charge in [0.1, 0.15) is 13.1 Å². The highest BCUT2D eigenvalue weighted by atomic mass is 19.4. The van der Waals surface area contributed by atoms with Gasteiger partial charge in [0.2, 0.25) is 11.7 Å². The number of alkyl halides is 3. The second-order valence-electron chi connectivity index (χ2n) is 5.68. The number of carbonyl (C=O) groups is 2. The Balaban J connectivity index is 2.44. The van der Waals surface area contributed by atoms with Crippen LogP contribution in [0.4, 0.5) is 13.2 Å². The SMILES string of the molecule is CCC(C)N(CC(=O)O)C(=O)Cn1c(C(F)(F)F)nc2ccccc21. The molecule has 0 aliphatic rings. The predicted molar refractivity (Wildman–Crippen MR) is 83.8 cm³/mol. The summed E-state index contributed by atoms with van der Waals surface area (Å²) in [5.74, 6) is -3.10. The van der Waals surface area contributed by atoms with Crippen LogP contribution in [0.1, 0.15) is 26.1 Å². The molecule has 1 amide bonds. The van der Waals surface area contributed by atoms with Crippen molar-refractivity contribution in [3.05, 3.63) is 30.1 Å². The van der Waals surface area contributed by atoms with Crippen LogP contribution < -0.4 is 0 Å². The number of aromatic nitrogens is 2. The van der Waals surface area contributed by atoms with E-state index in [1.165, 1.54) is 12.1 Å². The van der Waals surface area contributed by atoms with Crippen molar-refractivity contribution in [3.8, 4) is 0 Å². The van der Waals surface area contributed by atoms with Crippen LogP contribution in [0.25, 0.3) is 11.0 Å². The first-order chi connectivity index (χ1) is 11.6. The molecule has 6 nitrogen and oxygen atoms in total. The number of carbonyl (C=O) groups excluding carboxylic acids is 1. The van der Waals surface area contributed by atoms with Crippen LogP contribution in [-0.2, 0) is 22.3 Å². The van der Waals surface area contributed by atoms with E-state index < -0.39 is 43.0 Å². The van der Waals surface area contributed by atoms with Crippen molar-refractivity contribution in [2.45, 2.75) is 39.0 Å². The molecule has 0 spiro atoms. The third kappa shape index (κ3) is 4.09. The number of benzene rings is 1. The fourth-order valence-corrected chi connectivity index (χ4v) is 2.53. The standard InChI is InChI=1S/C16H18F3N3O3/c1-3-10(2)21(9-14(24)25)13(23)8-22-12-7-5-4-6-11(12)20-15(22)16(17,18)19/h4-7,10H,3,8-9H2,1-2H3,(H,24,25). The first kappa shape index (κ1) is 18.8. The predicted octanol–water partition coefficient (Wildman–Crippen LogP) is 2.77. The Kier molecular flexibility index (Phi) is 5.34. The summed E-state index contributed by atoms with van der Waals surface area (Å²) in [6.45, 7) is 2.22. The van der Waals surface area contributed by atoms with E-state index in [1.807, 2.05) is 0 Å². The molecule has 0 aliphatic carbocycles. The Hall–Kier alpha value is -2.58. The first-order valence-electron chi connectivity index (χ1n) is 7.68. The highest BCUT2D eigenvalue weighted by Crippen LogP contribution is 2.31. The summed E-state index contributed by atoms with van der Waals surface area (Å²) in [5, 5.41) is 8.97. The fourth-order valence-electron chi connectivity index (χ4n) is 2.53. The molecule has 2 rings (SSSR count). The number of imidazole rings is 1. The van der Waals surface area contributed by atoms with E-state index >= 15 is 0 Å². The zero-order valence-electron chi connectivity index (χ0n) is 13.7. The summed E-state index contributed by atoms with van der Waals surface area (Å²) in [5.41, 5.74) is 0.290. The van der Waals surface area contributed by atoms with Crippen molar-refractivity contribution >= 4 is 22.9 Å². The topological polar surface area (TPSA) is 75.4 Å². The van der Waals surface area contributed by atoms with Gasteiger partial charge in [0.25, 0.3) is 0 Å². The number of hydrogen-bond acceptors (Lipinski definition) is 3. The largest absolute Gasteiger partial charge is 0.480 e. The van der Waals surface area contributed by atoms with Crippen LogP contribution in [0.3, 0.4) is 0 Å². The normalized spacial score (nSPS) is 13.0. The van der Waals surface area contributed by atoms with Gasteiger partial charge in [-0.25, -0.2) is 4.98 Å². The van der Waals surface area contributed by atoms with Gasteiger partial charge < -0.3 is 14.6 Å². The van der Waals surface area contributed by atoms with Crippen molar-refractivity contribution in [1.29, 1.82) is 0 Å². The third-order valence-electron chi connectivity index (χ3n) is 3.95. The maximum Gasteiger partial charge on any atom is 0.449 e. The van der Waals surface area contributed by atoms with Crippen molar-refractivity contribution in [3.63, 3.8) is 0 Å². The Morgan fingerprint density at radius 3 is 2.52 bits per heavy atom. The Morgan fingerprint density at radius 1 is 1.32 bits per heavy atom. The van der Waals surface area contributed by atoms with Gasteiger partial charge in [-0.15, -0.1) is 0 Å². The lowest BCUT2D eigenvalue weighted by Gasteiger charge is -2.27. The van der Waals surface area contributed by atoms with Crippen LogP contribution in [0.5, 0.6) is 0 Å². The highest BCUT2D eigenvalue weighted by molar-refractivity contribution is 5.84. The van der Waals surface area contributed by atoms with E-state index in [9.17, 15) is 22.8 Å². The Morgan fingerprint density at radius 2 is 1.96 bits per heavy atom. The zero-order chi connectivity index (χ0) is 18.8. The van der Waals surface area contributed by atoms with Gasteiger partial charge in [0.15, 0.2) is 0 Å². The minimum atomic E-state index is -4.73. The Bertz CT molecular complexity index is 786. The number of rotatable bonds is 6. The summed E-state index contributed by atoms with van der Waals surface area (Å²) >= 11 is 0. The molecule has 9 heteroatoms. The molecule has 25 heavy (non-hydrogen) atoms. The molecule has 1 aromatic carbocycles. The number of nitrogens with zero attached hydrogens (tertiary/aromatic N) is 3. The van der Waals surface area contributed by atoms with Crippen molar-refractivity contribution in [2.75, 3.05) is 6.54 Å². The molecule has 1 aromatic heterocycles. The molecule has 1 N–H and O–H groups in total. The zero-order valence-corrected chi connectivity index (χ0v) is 13.7.